The molecule has 3 aromatic carbocycles. The summed E-state index contributed by atoms with van der Waals surface area (Å²) in [5, 5.41) is 3.45. The van der Waals surface area contributed by atoms with Crippen LogP contribution in [0, 0.1) is 0 Å². The predicted octanol–water partition coefficient (Wildman–Crippen LogP) is 4.90. The monoisotopic (exact) mass is 619 g/mol. The molecule has 12 heteroatoms. The summed E-state index contributed by atoms with van der Waals surface area (Å²) in [6, 6.07) is 16.5. The molecule has 0 fully saturated rings. The third-order valence-corrected chi connectivity index (χ3v) is 9.00. The van der Waals surface area contributed by atoms with Crippen molar-refractivity contribution in [2.75, 3.05) is 30.6 Å². The Bertz CT molecular complexity index is 1500. The summed E-state index contributed by atoms with van der Waals surface area (Å²) < 4.78 is 40.1. The molecule has 0 saturated heterocycles. The first kappa shape index (κ1) is 30.5. The third kappa shape index (κ3) is 7.25. The number of benzene rings is 3. The van der Waals surface area contributed by atoms with Crippen LogP contribution >= 0.6 is 23.2 Å². The molecule has 0 unspecified atom stereocenters. The van der Waals surface area contributed by atoms with Crippen LogP contribution in [-0.2, 0) is 26.2 Å². The number of rotatable bonds is 11. The number of sulfonamides is 1. The molecule has 3 aromatic rings. The Morgan fingerprint density at radius 2 is 1.66 bits per heavy atom. The zero-order valence-corrected chi connectivity index (χ0v) is 25.0. The quantitative estimate of drug-likeness (QED) is 0.327. The highest BCUT2D eigenvalue weighted by Gasteiger charge is 2.33. The second kappa shape index (κ2) is 13.5. The van der Waals surface area contributed by atoms with Gasteiger partial charge in [-0.2, -0.15) is 0 Å². The van der Waals surface area contributed by atoms with E-state index in [9.17, 15) is 18.0 Å². The van der Waals surface area contributed by atoms with Crippen LogP contribution in [-0.4, -0.2) is 57.5 Å². The average molecular weight is 621 g/mol. The minimum absolute atomic E-state index is 0.00318. The summed E-state index contributed by atoms with van der Waals surface area (Å²) in [6.07, 6.45) is 0.715. The highest BCUT2D eigenvalue weighted by Crippen LogP contribution is 2.36. The summed E-state index contributed by atoms with van der Waals surface area (Å²) in [5.41, 5.74) is 0.837. The standard InChI is InChI=1S/C29H31Cl2N3O6S/c1-3-13-32-29(36)20(2)33(18-21-9-11-24(30)25(31)16-21)28(35)19-34(41(37,38)23-7-5-4-6-8-23)22-10-12-26-27(17-22)40-15-14-39-26/h4-12,16-17,20H,3,13-15,18-19H2,1-2H3,(H,32,36)/t20-/m1/s1. The van der Waals surface area contributed by atoms with Crippen LogP contribution in [0.15, 0.2) is 71.6 Å². The fourth-order valence-corrected chi connectivity index (χ4v) is 6.00. The van der Waals surface area contributed by atoms with Gasteiger partial charge in [-0.15, -0.1) is 0 Å². The SMILES string of the molecule is CCCNC(=O)[C@@H](C)N(Cc1ccc(Cl)c(Cl)c1)C(=O)CN(c1ccc2c(c1)OCCO2)S(=O)(=O)c1ccccc1. The molecule has 1 atom stereocenters. The van der Waals surface area contributed by atoms with Gasteiger partial charge < -0.3 is 19.7 Å². The molecular formula is C29H31Cl2N3O6S. The summed E-state index contributed by atoms with van der Waals surface area (Å²) in [6.45, 7) is 4.05. The lowest BCUT2D eigenvalue weighted by atomic mass is 10.1. The average Bonchev–Trinajstić information content (AvgIpc) is 2.98. The van der Waals surface area contributed by atoms with Gasteiger partial charge in [-0.3, -0.25) is 13.9 Å². The number of carbonyl (C=O) groups excluding carboxylic acids is 2. The lowest BCUT2D eigenvalue weighted by molar-refractivity contribution is -0.139. The summed E-state index contributed by atoms with van der Waals surface area (Å²) in [5.74, 6) is -0.109. The van der Waals surface area contributed by atoms with Gasteiger partial charge in [0.1, 0.15) is 25.8 Å². The highest BCUT2D eigenvalue weighted by molar-refractivity contribution is 7.92. The van der Waals surface area contributed by atoms with Gasteiger partial charge in [-0.25, -0.2) is 8.42 Å². The number of anilines is 1. The Morgan fingerprint density at radius 1 is 0.951 bits per heavy atom. The van der Waals surface area contributed by atoms with Crippen LogP contribution in [0.2, 0.25) is 10.0 Å². The minimum Gasteiger partial charge on any atom is -0.486 e. The molecule has 0 spiro atoms. The van der Waals surface area contributed by atoms with E-state index in [0.717, 1.165) is 4.31 Å². The molecule has 1 N–H and O–H groups in total. The fourth-order valence-electron chi connectivity index (χ4n) is 4.25. The van der Waals surface area contributed by atoms with Gasteiger partial charge in [0, 0.05) is 19.2 Å². The summed E-state index contributed by atoms with van der Waals surface area (Å²) in [4.78, 5) is 28.3. The van der Waals surface area contributed by atoms with Crippen LogP contribution in [0.25, 0.3) is 0 Å². The van der Waals surface area contributed by atoms with E-state index >= 15 is 0 Å². The normalized spacial score (nSPS) is 13.3. The molecule has 1 aliphatic heterocycles. The van der Waals surface area contributed by atoms with E-state index in [2.05, 4.69) is 5.32 Å². The highest BCUT2D eigenvalue weighted by atomic mass is 35.5. The first-order valence-electron chi connectivity index (χ1n) is 13.1. The number of hydrogen-bond acceptors (Lipinski definition) is 6. The summed E-state index contributed by atoms with van der Waals surface area (Å²) >= 11 is 12.3. The number of fused-ring (bicyclic) bond motifs is 1. The Morgan fingerprint density at radius 3 is 2.34 bits per heavy atom. The molecule has 0 aliphatic carbocycles. The van der Waals surface area contributed by atoms with Gasteiger partial charge in [0.2, 0.25) is 11.8 Å². The Labute approximate surface area is 250 Å². The van der Waals surface area contributed by atoms with Crippen molar-refractivity contribution in [2.45, 2.75) is 37.8 Å². The van der Waals surface area contributed by atoms with E-state index < -0.39 is 28.5 Å². The maximum atomic E-state index is 14.0. The van der Waals surface area contributed by atoms with Crippen LogP contribution in [0.4, 0.5) is 5.69 Å². The number of carbonyl (C=O) groups is 2. The number of nitrogens with zero attached hydrogens (tertiary/aromatic N) is 2. The third-order valence-electron chi connectivity index (χ3n) is 6.48. The van der Waals surface area contributed by atoms with Gasteiger partial charge in [0.25, 0.3) is 10.0 Å². The Balaban J connectivity index is 1.73. The van der Waals surface area contributed by atoms with Crippen molar-refractivity contribution < 1.29 is 27.5 Å². The van der Waals surface area contributed by atoms with Crippen molar-refractivity contribution in [3.63, 3.8) is 0 Å². The molecule has 0 radical (unpaired) electrons. The van der Waals surface area contributed by atoms with Gasteiger partial charge in [-0.05, 0) is 55.3 Å². The van der Waals surface area contributed by atoms with E-state index in [1.165, 1.54) is 23.1 Å². The van der Waals surface area contributed by atoms with Crippen molar-refractivity contribution in [3.8, 4) is 11.5 Å². The van der Waals surface area contributed by atoms with E-state index in [0.29, 0.717) is 53.3 Å². The van der Waals surface area contributed by atoms with Crippen LogP contribution < -0.4 is 19.1 Å². The van der Waals surface area contributed by atoms with Gasteiger partial charge in [0.15, 0.2) is 11.5 Å². The number of halogens is 2. The zero-order chi connectivity index (χ0) is 29.6. The van der Waals surface area contributed by atoms with E-state index in [1.54, 1.807) is 55.5 Å². The maximum absolute atomic E-state index is 14.0. The lowest BCUT2D eigenvalue weighted by Gasteiger charge is -2.32. The molecule has 2 amide bonds. The van der Waals surface area contributed by atoms with Crippen molar-refractivity contribution in [1.29, 1.82) is 0 Å². The topological polar surface area (TPSA) is 105 Å². The lowest BCUT2D eigenvalue weighted by Crippen LogP contribution is -2.51. The van der Waals surface area contributed by atoms with E-state index in [-0.39, 0.29) is 23.0 Å². The van der Waals surface area contributed by atoms with Crippen LogP contribution in [0.1, 0.15) is 25.8 Å². The van der Waals surface area contributed by atoms with Gasteiger partial charge in [0.05, 0.1) is 20.6 Å². The molecule has 218 valence electrons. The Hall–Kier alpha value is -3.47. The van der Waals surface area contributed by atoms with Crippen molar-refractivity contribution in [3.05, 3.63) is 82.3 Å². The number of hydrogen-bond donors (Lipinski definition) is 1. The minimum atomic E-state index is -4.20. The Kier molecular flexibility index (Phi) is 10.0. The van der Waals surface area contributed by atoms with Crippen LogP contribution in [0.3, 0.4) is 0 Å². The van der Waals surface area contributed by atoms with Crippen molar-refractivity contribution in [1.82, 2.24) is 10.2 Å². The zero-order valence-electron chi connectivity index (χ0n) is 22.7. The predicted molar refractivity (Wildman–Crippen MR) is 158 cm³/mol. The molecule has 0 saturated carbocycles. The van der Waals surface area contributed by atoms with E-state index in [4.69, 9.17) is 32.7 Å². The molecule has 1 aliphatic rings. The first-order valence-corrected chi connectivity index (χ1v) is 15.3. The number of ether oxygens (including phenoxy) is 2. The van der Waals surface area contributed by atoms with Crippen molar-refractivity contribution in [2.24, 2.45) is 0 Å². The summed E-state index contributed by atoms with van der Waals surface area (Å²) in [7, 11) is -4.20. The van der Waals surface area contributed by atoms with Gasteiger partial charge >= 0.3 is 0 Å². The molecule has 1 heterocycles. The second-order valence-electron chi connectivity index (χ2n) is 9.39. The van der Waals surface area contributed by atoms with Crippen LogP contribution in [0.5, 0.6) is 11.5 Å². The van der Waals surface area contributed by atoms with Gasteiger partial charge in [-0.1, -0.05) is 54.4 Å². The number of nitrogens with one attached hydrogen (secondary N) is 1. The molecule has 0 bridgehead atoms. The maximum Gasteiger partial charge on any atom is 0.264 e. The molecule has 0 aromatic heterocycles. The molecule has 41 heavy (non-hydrogen) atoms. The largest absolute Gasteiger partial charge is 0.486 e. The molecular weight excluding hydrogens is 589 g/mol. The van der Waals surface area contributed by atoms with E-state index in [1.807, 2.05) is 6.92 Å². The second-order valence-corrected chi connectivity index (χ2v) is 12.1. The smallest absolute Gasteiger partial charge is 0.264 e. The molecule has 4 rings (SSSR count). The first-order chi connectivity index (χ1) is 19.6. The molecule has 9 nitrogen and oxygen atoms in total. The number of amides is 2. The van der Waals surface area contributed by atoms with Crippen molar-refractivity contribution >= 4 is 50.7 Å². The fraction of sp³-hybridized carbons (Fsp3) is 0.310.